The first-order chi connectivity index (χ1) is 5.54. The van der Waals surface area contributed by atoms with Gasteiger partial charge in [0.1, 0.15) is 0 Å². The number of hydrogen-bond acceptors (Lipinski definition) is 3. The van der Waals surface area contributed by atoms with Crippen LogP contribution >= 0.6 is 0 Å². The molecule has 1 aliphatic heterocycles. The lowest BCUT2D eigenvalue weighted by Gasteiger charge is -2.11. The summed E-state index contributed by atoms with van der Waals surface area (Å²) in [5, 5.41) is 2.43. The Morgan fingerprint density at radius 2 is 2.25 bits per heavy atom. The Morgan fingerprint density at radius 1 is 1.58 bits per heavy atom. The lowest BCUT2D eigenvalue weighted by atomic mass is 10.3. The fourth-order valence-electron chi connectivity index (χ4n) is 1.23. The lowest BCUT2D eigenvalue weighted by molar-refractivity contribution is 0.469. The van der Waals surface area contributed by atoms with E-state index in [1.165, 1.54) is 10.6 Å². The van der Waals surface area contributed by atoms with E-state index >= 15 is 0 Å². The number of sulfonamides is 1. The van der Waals surface area contributed by atoms with Crippen LogP contribution in [0.1, 0.15) is 6.42 Å². The second kappa shape index (κ2) is 3.40. The fourth-order valence-corrected chi connectivity index (χ4v) is 2.12. The summed E-state index contributed by atoms with van der Waals surface area (Å²) >= 11 is 0. The van der Waals surface area contributed by atoms with Crippen LogP contribution in [-0.2, 0) is 14.8 Å². The molecule has 1 amide bonds. The summed E-state index contributed by atoms with van der Waals surface area (Å²) in [5.41, 5.74) is 0. The lowest BCUT2D eigenvalue weighted by Crippen LogP contribution is -2.33. The molecule has 5 nitrogen and oxygen atoms in total. The van der Waals surface area contributed by atoms with Crippen molar-refractivity contribution in [3.63, 3.8) is 0 Å². The maximum atomic E-state index is 11.0. The summed E-state index contributed by atoms with van der Waals surface area (Å²) in [6.07, 6.45) is 3.40. The molecule has 0 saturated carbocycles. The van der Waals surface area contributed by atoms with Crippen molar-refractivity contribution in [2.45, 2.75) is 12.5 Å². The summed E-state index contributed by atoms with van der Waals surface area (Å²) in [6, 6.07) is -0.0720. The quantitative estimate of drug-likeness (QED) is 0.562. The maximum absolute atomic E-state index is 11.0. The molecule has 1 N–H and O–H groups in total. The minimum Gasteiger partial charge on any atom is -0.344 e. The molecule has 1 radical (unpaired) electrons. The average molecular weight is 191 g/mol. The predicted octanol–water partition coefficient (Wildman–Crippen LogP) is -1.32. The molecule has 1 unspecified atom stereocenters. The molecule has 0 aromatic heterocycles. The predicted molar refractivity (Wildman–Crippen MR) is 43.7 cm³/mol. The number of amides is 1. The van der Waals surface area contributed by atoms with Crippen molar-refractivity contribution < 1.29 is 13.2 Å². The van der Waals surface area contributed by atoms with Crippen LogP contribution in [0.3, 0.4) is 0 Å². The first kappa shape index (κ1) is 9.47. The van der Waals surface area contributed by atoms with Gasteiger partial charge in [-0.25, -0.2) is 12.7 Å². The van der Waals surface area contributed by atoms with Crippen molar-refractivity contribution in [3.8, 4) is 0 Å². The third-order valence-corrected chi connectivity index (χ3v) is 3.15. The zero-order chi connectivity index (χ0) is 9.19. The summed E-state index contributed by atoms with van der Waals surface area (Å²) in [4.78, 5) is 9.91. The van der Waals surface area contributed by atoms with Crippen LogP contribution in [0.2, 0.25) is 0 Å². The average Bonchev–Trinajstić information content (AvgIpc) is 2.35. The molecule has 0 aliphatic carbocycles. The summed E-state index contributed by atoms with van der Waals surface area (Å²) in [6.45, 7) is 0.853. The largest absolute Gasteiger partial charge is 0.344 e. The normalized spacial score (nSPS) is 25.6. The molecule has 1 rings (SSSR count). The Hall–Kier alpha value is -0.620. The molecule has 0 bridgehead atoms. The van der Waals surface area contributed by atoms with Gasteiger partial charge in [0.25, 0.3) is 0 Å². The Kier molecular flexibility index (Phi) is 2.69. The molecule has 0 aromatic carbocycles. The second-order valence-corrected chi connectivity index (χ2v) is 4.84. The van der Waals surface area contributed by atoms with Crippen LogP contribution in [-0.4, -0.2) is 44.5 Å². The smallest absolute Gasteiger partial charge is 0.309 e. The Bertz CT molecular complexity index is 262. The van der Waals surface area contributed by atoms with E-state index in [-0.39, 0.29) is 6.04 Å². The minimum absolute atomic E-state index is 0.0720. The van der Waals surface area contributed by atoms with Gasteiger partial charge in [-0.3, -0.25) is 4.79 Å². The Balaban J connectivity index is 2.51. The van der Waals surface area contributed by atoms with Gasteiger partial charge in [-0.2, -0.15) is 0 Å². The van der Waals surface area contributed by atoms with Gasteiger partial charge in [0.2, 0.25) is 10.0 Å². The number of nitrogens with zero attached hydrogens (tertiary/aromatic N) is 1. The second-order valence-electron chi connectivity index (χ2n) is 2.85. The highest BCUT2D eigenvalue weighted by molar-refractivity contribution is 7.88. The standard InChI is InChI=1S/C6H11N2O3S/c1-12(10,11)8-3-2-6(4-8)7-5-9/h6H,2-4H2,1H3,(H,7,9). The molecule has 1 saturated heterocycles. The van der Waals surface area contributed by atoms with Crippen molar-refractivity contribution in [1.82, 2.24) is 9.62 Å². The number of hydrogen-bond donors (Lipinski definition) is 1. The molecule has 6 heteroatoms. The SMILES string of the molecule is CS(=O)(=O)N1CCC(N[C]=O)C1. The minimum atomic E-state index is -3.09. The number of rotatable bonds is 3. The van der Waals surface area contributed by atoms with Gasteiger partial charge >= 0.3 is 6.41 Å². The van der Waals surface area contributed by atoms with Crippen LogP contribution in [0.15, 0.2) is 0 Å². The van der Waals surface area contributed by atoms with E-state index in [1.54, 1.807) is 6.41 Å². The Morgan fingerprint density at radius 3 is 2.67 bits per heavy atom. The monoisotopic (exact) mass is 191 g/mol. The molecule has 1 fully saturated rings. The van der Waals surface area contributed by atoms with Crippen molar-refractivity contribution in [3.05, 3.63) is 0 Å². The van der Waals surface area contributed by atoms with Gasteiger partial charge in [-0.15, -0.1) is 0 Å². The number of nitrogens with one attached hydrogen (secondary N) is 1. The zero-order valence-corrected chi connectivity index (χ0v) is 7.60. The van der Waals surface area contributed by atoms with Gasteiger partial charge in [0, 0.05) is 19.1 Å². The molecule has 69 valence electrons. The molecular weight excluding hydrogens is 180 g/mol. The third kappa shape index (κ3) is 2.18. The van der Waals surface area contributed by atoms with Crippen molar-refractivity contribution >= 4 is 16.4 Å². The molecular formula is C6H11N2O3S. The topological polar surface area (TPSA) is 66.5 Å². The van der Waals surface area contributed by atoms with Crippen LogP contribution in [0, 0.1) is 0 Å². The van der Waals surface area contributed by atoms with E-state index in [9.17, 15) is 13.2 Å². The molecule has 0 aromatic rings. The van der Waals surface area contributed by atoms with E-state index in [0.717, 1.165) is 0 Å². The zero-order valence-electron chi connectivity index (χ0n) is 6.78. The summed E-state index contributed by atoms with van der Waals surface area (Å²) in [5.74, 6) is 0. The molecule has 1 atom stereocenters. The van der Waals surface area contributed by atoms with E-state index in [1.807, 2.05) is 0 Å². The van der Waals surface area contributed by atoms with E-state index in [0.29, 0.717) is 19.5 Å². The first-order valence-electron chi connectivity index (χ1n) is 3.62. The van der Waals surface area contributed by atoms with Crippen LogP contribution in [0.5, 0.6) is 0 Å². The fraction of sp³-hybridized carbons (Fsp3) is 0.833. The summed E-state index contributed by atoms with van der Waals surface area (Å²) in [7, 11) is -3.09. The highest BCUT2D eigenvalue weighted by atomic mass is 32.2. The van der Waals surface area contributed by atoms with Crippen LogP contribution in [0.4, 0.5) is 0 Å². The first-order valence-corrected chi connectivity index (χ1v) is 5.46. The van der Waals surface area contributed by atoms with Gasteiger partial charge in [0.05, 0.1) is 6.26 Å². The van der Waals surface area contributed by atoms with Crippen LogP contribution < -0.4 is 5.32 Å². The molecule has 1 aliphatic rings. The molecule has 1 heterocycles. The highest BCUT2D eigenvalue weighted by Gasteiger charge is 2.27. The van der Waals surface area contributed by atoms with Gasteiger partial charge < -0.3 is 5.32 Å². The summed E-state index contributed by atoms with van der Waals surface area (Å²) < 4.78 is 23.3. The van der Waals surface area contributed by atoms with Crippen molar-refractivity contribution in [1.29, 1.82) is 0 Å². The molecule has 0 spiro atoms. The van der Waals surface area contributed by atoms with Gasteiger partial charge in [-0.1, -0.05) is 0 Å². The molecule has 12 heavy (non-hydrogen) atoms. The Labute approximate surface area is 71.8 Å². The third-order valence-electron chi connectivity index (χ3n) is 1.88. The van der Waals surface area contributed by atoms with E-state index in [4.69, 9.17) is 0 Å². The maximum Gasteiger partial charge on any atom is 0.309 e. The van der Waals surface area contributed by atoms with Gasteiger partial charge in [-0.05, 0) is 6.42 Å². The van der Waals surface area contributed by atoms with E-state index in [2.05, 4.69) is 5.32 Å². The van der Waals surface area contributed by atoms with Crippen LogP contribution in [0.25, 0.3) is 0 Å². The highest BCUT2D eigenvalue weighted by Crippen LogP contribution is 2.11. The van der Waals surface area contributed by atoms with E-state index < -0.39 is 10.0 Å². The van der Waals surface area contributed by atoms with Crippen molar-refractivity contribution in [2.75, 3.05) is 19.3 Å². The number of carbonyl (C=O) groups excluding carboxylic acids is 1. The van der Waals surface area contributed by atoms with Crippen molar-refractivity contribution in [2.24, 2.45) is 0 Å². The van der Waals surface area contributed by atoms with Gasteiger partial charge in [0.15, 0.2) is 0 Å².